The molecule has 2 aromatic carbocycles. The first-order valence-corrected chi connectivity index (χ1v) is 8.31. The number of likely N-dealkylation sites (tertiary alicyclic amines) is 1. The highest BCUT2D eigenvalue weighted by Crippen LogP contribution is 2.30. The van der Waals surface area contributed by atoms with Gasteiger partial charge in [-0.1, -0.05) is 30.3 Å². The number of nitrogens with zero attached hydrogens (tertiary/aromatic N) is 1. The number of hydrogen-bond acceptors (Lipinski definition) is 2. The summed E-state index contributed by atoms with van der Waals surface area (Å²) in [6.45, 7) is 3.61. The first-order valence-electron chi connectivity index (χ1n) is 8.31. The van der Waals surface area contributed by atoms with Crippen molar-refractivity contribution in [1.29, 1.82) is 0 Å². The van der Waals surface area contributed by atoms with Crippen LogP contribution in [0.15, 0.2) is 48.5 Å². The summed E-state index contributed by atoms with van der Waals surface area (Å²) in [5.41, 5.74) is 8.90. The van der Waals surface area contributed by atoms with Crippen molar-refractivity contribution in [2.75, 3.05) is 13.1 Å². The van der Waals surface area contributed by atoms with Crippen LogP contribution in [0.2, 0.25) is 0 Å². The molecule has 0 aromatic heterocycles. The molecule has 1 aliphatic rings. The Morgan fingerprint density at radius 3 is 2.33 bits per heavy atom. The lowest BCUT2D eigenvalue weighted by Crippen LogP contribution is -2.38. The molecule has 1 fully saturated rings. The van der Waals surface area contributed by atoms with Gasteiger partial charge in [-0.05, 0) is 55.0 Å². The topological polar surface area (TPSA) is 63.4 Å². The van der Waals surface area contributed by atoms with E-state index in [1.54, 1.807) is 24.3 Å². The number of carbonyl (C=O) groups excluding carboxylic acids is 2. The zero-order chi connectivity index (χ0) is 17.1. The second-order valence-corrected chi connectivity index (χ2v) is 6.37. The molecule has 2 aromatic rings. The number of rotatable bonds is 3. The summed E-state index contributed by atoms with van der Waals surface area (Å²) in [4.78, 5) is 25.8. The van der Waals surface area contributed by atoms with E-state index in [2.05, 4.69) is 31.2 Å². The average Bonchev–Trinajstić information content (AvgIpc) is 2.62. The molecule has 0 unspecified atom stereocenters. The van der Waals surface area contributed by atoms with Gasteiger partial charge in [-0.2, -0.15) is 0 Å². The normalized spacial score (nSPS) is 15.3. The molecular formula is C20H22N2O2. The second-order valence-electron chi connectivity index (χ2n) is 6.37. The van der Waals surface area contributed by atoms with E-state index in [1.807, 2.05) is 4.90 Å². The van der Waals surface area contributed by atoms with Crippen LogP contribution in [0.4, 0.5) is 0 Å². The Morgan fingerprint density at radius 2 is 1.67 bits per heavy atom. The van der Waals surface area contributed by atoms with Crippen LogP contribution in [0.5, 0.6) is 0 Å². The lowest BCUT2D eigenvalue weighted by atomic mass is 9.87. The quantitative estimate of drug-likeness (QED) is 0.943. The third-order valence-electron chi connectivity index (χ3n) is 4.80. The Labute approximate surface area is 142 Å². The van der Waals surface area contributed by atoms with E-state index >= 15 is 0 Å². The van der Waals surface area contributed by atoms with Crippen molar-refractivity contribution in [3.8, 4) is 0 Å². The summed E-state index contributed by atoms with van der Waals surface area (Å²) in [6.07, 6.45) is 1.93. The van der Waals surface area contributed by atoms with Crippen molar-refractivity contribution in [3.05, 3.63) is 70.8 Å². The monoisotopic (exact) mass is 322 g/mol. The van der Waals surface area contributed by atoms with E-state index < -0.39 is 5.91 Å². The highest BCUT2D eigenvalue weighted by molar-refractivity contribution is 5.99. The first kappa shape index (κ1) is 16.2. The Bertz CT molecular complexity index is 762. The van der Waals surface area contributed by atoms with Crippen molar-refractivity contribution in [3.63, 3.8) is 0 Å². The van der Waals surface area contributed by atoms with E-state index in [0.717, 1.165) is 25.9 Å². The van der Waals surface area contributed by atoms with Crippen LogP contribution in [0, 0.1) is 6.92 Å². The minimum absolute atomic E-state index is 0.0265. The van der Waals surface area contributed by atoms with Crippen molar-refractivity contribution in [2.45, 2.75) is 25.7 Å². The number of amides is 2. The zero-order valence-corrected chi connectivity index (χ0v) is 13.9. The number of primary amides is 1. The van der Waals surface area contributed by atoms with Gasteiger partial charge in [-0.15, -0.1) is 0 Å². The molecule has 24 heavy (non-hydrogen) atoms. The van der Waals surface area contributed by atoms with Gasteiger partial charge in [0, 0.05) is 24.2 Å². The van der Waals surface area contributed by atoms with Crippen LogP contribution in [-0.4, -0.2) is 29.8 Å². The molecule has 124 valence electrons. The maximum Gasteiger partial charge on any atom is 0.253 e. The third-order valence-corrected chi connectivity index (χ3v) is 4.80. The fourth-order valence-electron chi connectivity index (χ4n) is 3.43. The summed E-state index contributed by atoms with van der Waals surface area (Å²) >= 11 is 0. The standard InChI is InChI=1S/C20H22N2O2/c1-14-5-2-3-8-18(14)15-9-11-22(12-10-15)20(24)17-7-4-6-16(13-17)19(21)23/h2-8,13,15H,9-12H2,1H3,(H2,21,23). The summed E-state index contributed by atoms with van der Waals surface area (Å²) in [5.74, 6) is -0.0311. The number of carbonyl (C=O) groups is 2. The van der Waals surface area contributed by atoms with Crippen LogP contribution < -0.4 is 5.73 Å². The molecule has 1 heterocycles. The molecule has 0 saturated carbocycles. The molecule has 0 atom stereocenters. The fraction of sp³-hybridized carbons (Fsp3) is 0.300. The average molecular weight is 322 g/mol. The smallest absolute Gasteiger partial charge is 0.253 e. The largest absolute Gasteiger partial charge is 0.366 e. The highest BCUT2D eigenvalue weighted by atomic mass is 16.2. The fourth-order valence-corrected chi connectivity index (χ4v) is 3.43. The van der Waals surface area contributed by atoms with Gasteiger partial charge in [0.05, 0.1) is 0 Å². The van der Waals surface area contributed by atoms with Gasteiger partial charge < -0.3 is 10.6 Å². The lowest BCUT2D eigenvalue weighted by molar-refractivity contribution is 0.0713. The van der Waals surface area contributed by atoms with E-state index in [0.29, 0.717) is 17.0 Å². The van der Waals surface area contributed by atoms with Crippen LogP contribution in [0.1, 0.15) is 50.6 Å². The summed E-state index contributed by atoms with van der Waals surface area (Å²) in [7, 11) is 0. The molecule has 1 saturated heterocycles. The van der Waals surface area contributed by atoms with Gasteiger partial charge in [-0.3, -0.25) is 9.59 Å². The number of piperidine rings is 1. The van der Waals surface area contributed by atoms with E-state index in [-0.39, 0.29) is 5.91 Å². The summed E-state index contributed by atoms with van der Waals surface area (Å²) in [5, 5.41) is 0. The molecule has 2 N–H and O–H groups in total. The van der Waals surface area contributed by atoms with Crippen LogP contribution in [0.25, 0.3) is 0 Å². The number of hydrogen-bond donors (Lipinski definition) is 1. The molecule has 2 amide bonds. The van der Waals surface area contributed by atoms with Crippen LogP contribution in [-0.2, 0) is 0 Å². The van der Waals surface area contributed by atoms with Crippen molar-refractivity contribution in [2.24, 2.45) is 5.73 Å². The van der Waals surface area contributed by atoms with Gasteiger partial charge in [0.1, 0.15) is 0 Å². The van der Waals surface area contributed by atoms with Gasteiger partial charge in [0.15, 0.2) is 0 Å². The predicted octanol–water partition coefficient (Wildman–Crippen LogP) is 3.11. The van der Waals surface area contributed by atoms with Crippen LogP contribution in [0.3, 0.4) is 0 Å². The maximum atomic E-state index is 12.7. The lowest BCUT2D eigenvalue weighted by Gasteiger charge is -2.33. The maximum absolute atomic E-state index is 12.7. The second kappa shape index (κ2) is 6.87. The SMILES string of the molecule is Cc1ccccc1C1CCN(C(=O)c2cccc(C(N)=O)c2)CC1. The Morgan fingerprint density at radius 1 is 1.00 bits per heavy atom. The number of aryl methyl sites for hydroxylation is 1. The Balaban J connectivity index is 1.68. The molecule has 4 nitrogen and oxygen atoms in total. The van der Waals surface area contributed by atoms with Gasteiger partial charge >= 0.3 is 0 Å². The molecule has 0 radical (unpaired) electrons. The zero-order valence-electron chi connectivity index (χ0n) is 13.9. The molecule has 0 aliphatic carbocycles. The molecular weight excluding hydrogens is 300 g/mol. The van der Waals surface area contributed by atoms with Crippen molar-refractivity contribution in [1.82, 2.24) is 4.90 Å². The minimum Gasteiger partial charge on any atom is -0.366 e. The van der Waals surface area contributed by atoms with Gasteiger partial charge in [0.2, 0.25) is 5.91 Å². The summed E-state index contributed by atoms with van der Waals surface area (Å²) in [6, 6.07) is 15.1. The predicted molar refractivity (Wildman–Crippen MR) is 94.0 cm³/mol. The van der Waals surface area contributed by atoms with Crippen molar-refractivity contribution >= 4 is 11.8 Å². The Hall–Kier alpha value is -2.62. The molecule has 0 spiro atoms. The highest BCUT2D eigenvalue weighted by Gasteiger charge is 2.25. The number of benzene rings is 2. The number of nitrogens with two attached hydrogens (primary N) is 1. The molecule has 4 heteroatoms. The Kier molecular flexibility index (Phi) is 4.65. The molecule has 1 aliphatic heterocycles. The minimum atomic E-state index is -0.511. The van der Waals surface area contributed by atoms with E-state index in [9.17, 15) is 9.59 Å². The van der Waals surface area contributed by atoms with Gasteiger partial charge in [-0.25, -0.2) is 0 Å². The van der Waals surface area contributed by atoms with Gasteiger partial charge in [0.25, 0.3) is 5.91 Å². The van der Waals surface area contributed by atoms with Crippen LogP contribution >= 0.6 is 0 Å². The summed E-state index contributed by atoms with van der Waals surface area (Å²) < 4.78 is 0. The van der Waals surface area contributed by atoms with Crippen molar-refractivity contribution < 1.29 is 9.59 Å². The van der Waals surface area contributed by atoms with E-state index in [4.69, 9.17) is 5.73 Å². The third kappa shape index (κ3) is 3.32. The molecule has 0 bridgehead atoms. The molecule has 3 rings (SSSR count). The first-order chi connectivity index (χ1) is 11.6. The van der Waals surface area contributed by atoms with E-state index in [1.165, 1.54) is 11.1 Å².